The van der Waals surface area contributed by atoms with Crippen LogP contribution >= 0.6 is 23.2 Å². The molecule has 0 saturated carbocycles. The number of anilines is 1. The fraction of sp³-hybridized carbons (Fsp3) is 0.192. The second kappa shape index (κ2) is 9.70. The predicted molar refractivity (Wildman–Crippen MR) is 139 cm³/mol. The Morgan fingerprint density at radius 2 is 1.86 bits per heavy atom. The molecule has 3 N–H and O–H groups in total. The first-order chi connectivity index (χ1) is 16.9. The highest BCUT2D eigenvalue weighted by Crippen LogP contribution is 2.29. The number of imidazole rings is 1. The van der Waals surface area contributed by atoms with Gasteiger partial charge in [-0.3, -0.25) is 14.4 Å². The number of hydrogen-bond acceptors (Lipinski definition) is 4. The lowest BCUT2D eigenvalue weighted by atomic mass is 9.99. The maximum atomic E-state index is 13.2. The number of aromatic amines is 1. The Labute approximate surface area is 211 Å². The molecule has 2 heterocycles. The van der Waals surface area contributed by atoms with Crippen LogP contribution in [0, 0.1) is 0 Å². The van der Waals surface area contributed by atoms with Crippen LogP contribution in [0.1, 0.15) is 23.1 Å². The van der Waals surface area contributed by atoms with Crippen molar-refractivity contribution in [3.05, 3.63) is 97.9 Å². The number of carbonyl (C=O) groups is 1. The number of aliphatic imine (C=N–C) groups is 1. The van der Waals surface area contributed by atoms with Crippen molar-refractivity contribution in [2.75, 3.05) is 11.9 Å². The molecule has 0 spiro atoms. The first-order valence-electron chi connectivity index (χ1n) is 11.2. The fourth-order valence-corrected chi connectivity index (χ4v) is 4.70. The Hall–Kier alpha value is -3.39. The molecule has 5 rings (SSSR count). The number of amides is 1. The topological polar surface area (TPSA) is 99.5 Å². The number of nitrogens with one attached hydrogen (secondary N) is 2. The number of nitrogens with zero attached hydrogens (tertiary/aromatic N) is 2. The number of carbonyl (C=O) groups excluding carboxylic acids is 1. The number of aliphatic hydroxyl groups is 1. The number of halogens is 2. The second-order valence-electron chi connectivity index (χ2n) is 8.36. The van der Waals surface area contributed by atoms with Gasteiger partial charge in [-0.2, -0.15) is 0 Å². The average Bonchev–Trinajstić information content (AvgIpc) is 3.09. The largest absolute Gasteiger partial charge is 0.396 e. The maximum Gasteiger partial charge on any atom is 0.326 e. The van der Waals surface area contributed by atoms with E-state index in [-0.39, 0.29) is 18.2 Å². The maximum absolute atomic E-state index is 13.2. The van der Waals surface area contributed by atoms with Gasteiger partial charge in [0.05, 0.1) is 22.4 Å². The molecule has 7 nitrogen and oxygen atoms in total. The van der Waals surface area contributed by atoms with Gasteiger partial charge in [-0.1, -0.05) is 47.5 Å². The summed E-state index contributed by atoms with van der Waals surface area (Å²) in [5.41, 5.74) is 4.56. The number of H-pyrrole nitrogens is 1. The lowest BCUT2D eigenvalue weighted by Gasteiger charge is -2.12. The van der Waals surface area contributed by atoms with Crippen molar-refractivity contribution in [2.45, 2.75) is 25.4 Å². The zero-order valence-corrected chi connectivity index (χ0v) is 20.1. The van der Waals surface area contributed by atoms with Crippen LogP contribution in [0.25, 0.3) is 11.0 Å². The summed E-state index contributed by atoms with van der Waals surface area (Å²) in [6, 6.07) is 17.5. The summed E-state index contributed by atoms with van der Waals surface area (Å²) in [6.45, 7) is 0.359. The minimum atomic E-state index is -0.727. The number of aryl methyl sites for hydroxylation is 1. The summed E-state index contributed by atoms with van der Waals surface area (Å²) < 4.78 is 1.59. The van der Waals surface area contributed by atoms with Crippen LogP contribution in [0.5, 0.6) is 0 Å². The third kappa shape index (κ3) is 4.62. The van der Waals surface area contributed by atoms with Crippen LogP contribution < -0.4 is 11.0 Å². The molecule has 3 aromatic carbocycles. The molecule has 9 heteroatoms. The molecule has 35 heavy (non-hydrogen) atoms. The van der Waals surface area contributed by atoms with E-state index in [4.69, 9.17) is 28.2 Å². The van der Waals surface area contributed by atoms with Gasteiger partial charge in [0.2, 0.25) is 5.91 Å². The van der Waals surface area contributed by atoms with Crippen LogP contribution in [0.15, 0.2) is 70.5 Å². The zero-order valence-electron chi connectivity index (χ0n) is 18.6. The SMILES string of the molecule is O=C1Nc2ccc(Cl)cc2C(c2ccc3[nH]c(=O)n(CCCO)c3c2)=N[C@@H]1Cc1ccccc1Cl. The first-order valence-corrected chi connectivity index (χ1v) is 12.0. The smallest absolute Gasteiger partial charge is 0.326 e. The van der Waals surface area contributed by atoms with E-state index in [9.17, 15) is 14.7 Å². The van der Waals surface area contributed by atoms with Gasteiger partial charge in [-0.25, -0.2) is 4.79 Å². The highest BCUT2D eigenvalue weighted by Gasteiger charge is 2.27. The number of aliphatic hydroxyl groups excluding tert-OH is 1. The lowest BCUT2D eigenvalue weighted by Crippen LogP contribution is -2.27. The summed E-state index contributed by atoms with van der Waals surface area (Å²) in [4.78, 5) is 33.4. The molecule has 4 aromatic rings. The number of benzene rings is 3. The molecule has 1 atom stereocenters. The number of fused-ring (bicyclic) bond motifs is 2. The van der Waals surface area contributed by atoms with E-state index in [1.54, 1.807) is 28.8 Å². The van der Waals surface area contributed by atoms with E-state index in [0.29, 0.717) is 57.4 Å². The monoisotopic (exact) mass is 508 g/mol. The van der Waals surface area contributed by atoms with E-state index in [1.807, 2.05) is 36.4 Å². The Kier molecular flexibility index (Phi) is 6.47. The van der Waals surface area contributed by atoms with Gasteiger partial charge in [0.25, 0.3) is 0 Å². The fourth-order valence-electron chi connectivity index (χ4n) is 4.31. The predicted octanol–water partition coefficient (Wildman–Crippen LogP) is 4.42. The van der Waals surface area contributed by atoms with Crippen LogP contribution in [-0.2, 0) is 17.8 Å². The van der Waals surface area contributed by atoms with Gasteiger partial charge in [-0.15, -0.1) is 0 Å². The Balaban J connectivity index is 1.67. The third-order valence-electron chi connectivity index (χ3n) is 6.04. The quantitative estimate of drug-likeness (QED) is 0.359. The molecule has 1 amide bonds. The van der Waals surface area contributed by atoms with Crippen molar-refractivity contribution in [1.29, 1.82) is 0 Å². The standard InChI is InChI=1S/C26H22Cl2N4O3/c27-17-7-9-20-18(14-17)24(29-22(25(34)30-20)12-15-4-1-2-5-19(15)28)16-6-8-21-23(13-16)32(10-3-11-33)26(35)31-21/h1-2,4-9,13-14,22,33H,3,10-12H2,(H,30,34)(H,31,35)/t22-/m1/s1. The molecule has 0 radical (unpaired) electrons. The summed E-state index contributed by atoms with van der Waals surface area (Å²) in [5.74, 6) is -0.244. The van der Waals surface area contributed by atoms with Crippen molar-refractivity contribution in [2.24, 2.45) is 4.99 Å². The number of aromatic nitrogens is 2. The van der Waals surface area contributed by atoms with E-state index in [0.717, 1.165) is 11.1 Å². The van der Waals surface area contributed by atoms with E-state index < -0.39 is 6.04 Å². The van der Waals surface area contributed by atoms with Crippen LogP contribution in [0.3, 0.4) is 0 Å². The minimum Gasteiger partial charge on any atom is -0.396 e. The Bertz CT molecular complexity index is 1520. The molecule has 0 saturated heterocycles. The van der Waals surface area contributed by atoms with E-state index >= 15 is 0 Å². The van der Waals surface area contributed by atoms with Crippen LogP contribution in [-0.4, -0.2) is 38.9 Å². The Morgan fingerprint density at radius 1 is 1.03 bits per heavy atom. The second-order valence-corrected chi connectivity index (χ2v) is 9.20. The van der Waals surface area contributed by atoms with Crippen molar-refractivity contribution in [3.63, 3.8) is 0 Å². The van der Waals surface area contributed by atoms with Gasteiger partial charge in [-0.05, 0) is 48.4 Å². The number of benzodiazepines with no additional fused rings is 1. The van der Waals surface area contributed by atoms with Gasteiger partial charge < -0.3 is 15.4 Å². The molecule has 0 aliphatic carbocycles. The Morgan fingerprint density at radius 3 is 2.66 bits per heavy atom. The van der Waals surface area contributed by atoms with E-state index in [2.05, 4.69) is 10.3 Å². The molecule has 0 bridgehead atoms. The summed E-state index contributed by atoms with van der Waals surface area (Å²) in [6.07, 6.45) is 0.777. The summed E-state index contributed by atoms with van der Waals surface area (Å²) in [5, 5.41) is 13.3. The van der Waals surface area contributed by atoms with Crippen LogP contribution in [0.2, 0.25) is 10.0 Å². The van der Waals surface area contributed by atoms with Gasteiger partial charge >= 0.3 is 5.69 Å². The molecule has 1 aliphatic heterocycles. The summed E-state index contributed by atoms with van der Waals surface area (Å²) in [7, 11) is 0. The van der Waals surface area contributed by atoms with Crippen molar-refractivity contribution < 1.29 is 9.90 Å². The normalized spacial score (nSPS) is 15.5. The third-order valence-corrected chi connectivity index (χ3v) is 6.65. The molecule has 1 aromatic heterocycles. The van der Waals surface area contributed by atoms with Gasteiger partial charge in [0.15, 0.2) is 0 Å². The number of rotatable bonds is 6. The van der Waals surface area contributed by atoms with Crippen molar-refractivity contribution in [1.82, 2.24) is 9.55 Å². The van der Waals surface area contributed by atoms with Gasteiger partial charge in [0.1, 0.15) is 6.04 Å². The molecule has 178 valence electrons. The van der Waals surface area contributed by atoms with Crippen molar-refractivity contribution in [3.8, 4) is 0 Å². The molecular formula is C26H22Cl2N4O3. The molecule has 0 fully saturated rings. The first kappa shape index (κ1) is 23.4. The average molecular weight is 509 g/mol. The zero-order chi connectivity index (χ0) is 24.5. The molecule has 1 aliphatic rings. The minimum absolute atomic E-state index is 0.0190. The molecular weight excluding hydrogens is 487 g/mol. The highest BCUT2D eigenvalue weighted by atomic mass is 35.5. The van der Waals surface area contributed by atoms with Crippen molar-refractivity contribution >= 4 is 51.5 Å². The van der Waals surface area contributed by atoms with Crippen LogP contribution in [0.4, 0.5) is 5.69 Å². The van der Waals surface area contributed by atoms with E-state index in [1.165, 1.54) is 0 Å². The highest BCUT2D eigenvalue weighted by molar-refractivity contribution is 6.32. The summed E-state index contributed by atoms with van der Waals surface area (Å²) >= 11 is 12.7. The lowest BCUT2D eigenvalue weighted by molar-refractivity contribution is -0.117. The van der Waals surface area contributed by atoms with Gasteiger partial charge in [0, 0.05) is 40.7 Å². The number of hydrogen-bond donors (Lipinski definition) is 3. The molecule has 0 unspecified atom stereocenters.